The van der Waals surface area contributed by atoms with E-state index in [4.69, 9.17) is 10.5 Å². The van der Waals surface area contributed by atoms with E-state index in [0.717, 1.165) is 11.3 Å². The van der Waals surface area contributed by atoms with Crippen molar-refractivity contribution in [3.8, 4) is 11.3 Å². The Morgan fingerprint density at radius 1 is 1.20 bits per heavy atom. The summed E-state index contributed by atoms with van der Waals surface area (Å²) in [6.07, 6.45) is 0. The van der Waals surface area contributed by atoms with E-state index >= 15 is 0 Å². The Hall–Kier alpha value is -1.46. The van der Waals surface area contributed by atoms with Gasteiger partial charge in [-0.25, -0.2) is 9.97 Å². The molecule has 20 heavy (non-hydrogen) atoms. The molecule has 1 aromatic carbocycles. The highest BCUT2D eigenvalue weighted by Gasteiger charge is 2.26. The van der Waals surface area contributed by atoms with E-state index in [2.05, 4.69) is 25.9 Å². The van der Waals surface area contributed by atoms with Gasteiger partial charge < -0.3 is 10.5 Å². The molecule has 0 amide bonds. The first-order valence-electron chi connectivity index (χ1n) is 6.48. The lowest BCUT2D eigenvalue weighted by atomic mass is 10.1. The Morgan fingerprint density at radius 3 is 2.45 bits per heavy atom. The van der Waals surface area contributed by atoms with Crippen LogP contribution >= 0.6 is 15.9 Å². The normalized spacial score (nSPS) is 11.6. The van der Waals surface area contributed by atoms with E-state index in [-0.39, 0.29) is 0 Å². The van der Waals surface area contributed by atoms with Crippen LogP contribution in [0.1, 0.15) is 26.6 Å². The second-order valence-corrected chi connectivity index (χ2v) is 5.70. The predicted molar refractivity (Wildman–Crippen MR) is 84.2 cm³/mol. The fourth-order valence-corrected chi connectivity index (χ4v) is 2.35. The number of halogens is 1. The van der Waals surface area contributed by atoms with Crippen LogP contribution in [-0.2, 0) is 10.3 Å². The second kappa shape index (κ2) is 5.89. The lowest BCUT2D eigenvalue weighted by Crippen LogP contribution is -2.25. The molecular weight excluding hydrogens is 318 g/mol. The van der Waals surface area contributed by atoms with Crippen molar-refractivity contribution in [1.82, 2.24) is 9.97 Å². The standard InChI is InChI=1S/C15H18BrN3O/c1-4-20-15(2,3)14-18-12(11(16)13(17)19-14)10-8-6-5-7-9-10/h5-9H,4H2,1-3H3,(H2,17,18,19). The molecule has 0 bridgehead atoms. The number of hydrogen-bond acceptors (Lipinski definition) is 4. The van der Waals surface area contributed by atoms with E-state index in [9.17, 15) is 0 Å². The van der Waals surface area contributed by atoms with E-state index < -0.39 is 5.60 Å². The molecule has 0 spiro atoms. The third kappa shape index (κ3) is 2.99. The zero-order chi connectivity index (χ0) is 14.8. The summed E-state index contributed by atoms with van der Waals surface area (Å²) in [7, 11) is 0. The molecule has 0 radical (unpaired) electrons. The molecule has 0 atom stereocenters. The number of nitrogen functional groups attached to an aromatic ring is 1. The first-order chi connectivity index (χ1) is 9.45. The summed E-state index contributed by atoms with van der Waals surface area (Å²) in [5.74, 6) is 1.00. The van der Waals surface area contributed by atoms with Gasteiger partial charge in [0.1, 0.15) is 11.4 Å². The molecular formula is C15H18BrN3O. The predicted octanol–water partition coefficient (Wildman–Crippen LogP) is 3.76. The van der Waals surface area contributed by atoms with Crippen molar-refractivity contribution in [2.24, 2.45) is 0 Å². The smallest absolute Gasteiger partial charge is 0.162 e. The maximum Gasteiger partial charge on any atom is 0.162 e. The fourth-order valence-electron chi connectivity index (χ4n) is 1.95. The van der Waals surface area contributed by atoms with Crippen LogP contribution in [0.25, 0.3) is 11.3 Å². The van der Waals surface area contributed by atoms with Gasteiger partial charge in [0.2, 0.25) is 0 Å². The highest BCUT2D eigenvalue weighted by Crippen LogP contribution is 2.33. The van der Waals surface area contributed by atoms with Crippen LogP contribution in [0.2, 0.25) is 0 Å². The average molecular weight is 336 g/mol. The number of rotatable bonds is 4. The molecule has 106 valence electrons. The van der Waals surface area contributed by atoms with Crippen LogP contribution in [0.3, 0.4) is 0 Å². The Morgan fingerprint density at radius 2 is 1.85 bits per heavy atom. The molecule has 0 aliphatic carbocycles. The van der Waals surface area contributed by atoms with E-state index in [0.29, 0.717) is 22.7 Å². The molecule has 0 aliphatic heterocycles. The van der Waals surface area contributed by atoms with Crippen LogP contribution in [0.5, 0.6) is 0 Å². The zero-order valence-corrected chi connectivity index (χ0v) is 13.4. The molecule has 0 saturated carbocycles. The van der Waals surface area contributed by atoms with Crippen molar-refractivity contribution in [3.63, 3.8) is 0 Å². The van der Waals surface area contributed by atoms with Crippen LogP contribution < -0.4 is 5.73 Å². The lowest BCUT2D eigenvalue weighted by molar-refractivity contribution is -0.0206. The van der Waals surface area contributed by atoms with Gasteiger partial charge in [-0.3, -0.25) is 0 Å². The van der Waals surface area contributed by atoms with Gasteiger partial charge in [-0.2, -0.15) is 0 Å². The van der Waals surface area contributed by atoms with Crippen molar-refractivity contribution >= 4 is 21.7 Å². The van der Waals surface area contributed by atoms with Crippen molar-refractivity contribution < 1.29 is 4.74 Å². The van der Waals surface area contributed by atoms with Gasteiger partial charge in [0, 0.05) is 12.2 Å². The number of aromatic nitrogens is 2. The number of anilines is 1. The quantitative estimate of drug-likeness (QED) is 0.923. The Bertz CT molecular complexity index is 600. The third-order valence-corrected chi connectivity index (χ3v) is 3.75. The monoisotopic (exact) mass is 335 g/mol. The van der Waals surface area contributed by atoms with Crippen molar-refractivity contribution in [1.29, 1.82) is 0 Å². The Balaban J connectivity index is 2.56. The number of hydrogen-bond donors (Lipinski definition) is 1. The van der Waals surface area contributed by atoms with Gasteiger partial charge >= 0.3 is 0 Å². The lowest BCUT2D eigenvalue weighted by Gasteiger charge is -2.24. The van der Waals surface area contributed by atoms with E-state index in [1.165, 1.54) is 0 Å². The van der Waals surface area contributed by atoms with E-state index in [1.54, 1.807) is 0 Å². The summed E-state index contributed by atoms with van der Waals surface area (Å²) in [6.45, 7) is 6.41. The van der Waals surface area contributed by atoms with Gasteiger partial charge in [0.05, 0.1) is 10.2 Å². The molecule has 2 aromatic rings. The highest BCUT2D eigenvalue weighted by atomic mass is 79.9. The molecule has 0 fully saturated rings. The number of nitrogens with zero attached hydrogens (tertiary/aromatic N) is 2. The summed E-state index contributed by atoms with van der Waals surface area (Å²) in [6, 6.07) is 9.88. The SMILES string of the molecule is CCOC(C)(C)c1nc(N)c(Br)c(-c2ccccc2)n1. The molecule has 1 aromatic heterocycles. The van der Waals surface area contributed by atoms with Gasteiger partial charge in [-0.05, 0) is 36.7 Å². The van der Waals surface area contributed by atoms with Crippen LogP contribution in [0, 0.1) is 0 Å². The molecule has 0 aliphatic rings. The highest BCUT2D eigenvalue weighted by molar-refractivity contribution is 9.10. The molecule has 5 heteroatoms. The molecule has 0 unspecified atom stereocenters. The number of ether oxygens (including phenoxy) is 1. The van der Waals surface area contributed by atoms with Gasteiger partial charge in [0.15, 0.2) is 5.82 Å². The molecule has 0 saturated heterocycles. The fraction of sp³-hybridized carbons (Fsp3) is 0.333. The number of nitrogens with two attached hydrogens (primary N) is 1. The van der Waals surface area contributed by atoms with Gasteiger partial charge in [-0.1, -0.05) is 30.3 Å². The van der Waals surface area contributed by atoms with Crippen molar-refractivity contribution in [3.05, 3.63) is 40.6 Å². The second-order valence-electron chi connectivity index (χ2n) is 4.90. The first kappa shape index (κ1) is 14.9. The maximum atomic E-state index is 6.00. The molecule has 2 N–H and O–H groups in total. The maximum absolute atomic E-state index is 6.00. The van der Waals surface area contributed by atoms with Crippen LogP contribution in [0.4, 0.5) is 5.82 Å². The van der Waals surface area contributed by atoms with Crippen molar-refractivity contribution in [2.75, 3.05) is 12.3 Å². The molecule has 4 nitrogen and oxygen atoms in total. The largest absolute Gasteiger partial charge is 0.383 e. The average Bonchev–Trinajstić information content (AvgIpc) is 2.42. The zero-order valence-electron chi connectivity index (χ0n) is 11.9. The van der Waals surface area contributed by atoms with Crippen LogP contribution in [-0.4, -0.2) is 16.6 Å². The Kier molecular flexibility index (Phi) is 4.40. The molecule has 2 rings (SSSR count). The minimum atomic E-state index is -0.576. The summed E-state index contributed by atoms with van der Waals surface area (Å²) in [4.78, 5) is 8.97. The van der Waals surface area contributed by atoms with Gasteiger partial charge in [-0.15, -0.1) is 0 Å². The van der Waals surface area contributed by atoms with Crippen LogP contribution in [0.15, 0.2) is 34.8 Å². The molecule has 1 heterocycles. The van der Waals surface area contributed by atoms with Crippen molar-refractivity contribution in [2.45, 2.75) is 26.4 Å². The van der Waals surface area contributed by atoms with E-state index in [1.807, 2.05) is 51.1 Å². The first-order valence-corrected chi connectivity index (χ1v) is 7.28. The summed E-state index contributed by atoms with van der Waals surface area (Å²) < 4.78 is 6.41. The summed E-state index contributed by atoms with van der Waals surface area (Å²) >= 11 is 3.47. The number of benzene rings is 1. The minimum absolute atomic E-state index is 0.418. The summed E-state index contributed by atoms with van der Waals surface area (Å²) in [5.41, 5.74) is 7.19. The Labute approximate surface area is 127 Å². The summed E-state index contributed by atoms with van der Waals surface area (Å²) in [5, 5.41) is 0. The van der Waals surface area contributed by atoms with Gasteiger partial charge in [0.25, 0.3) is 0 Å². The third-order valence-electron chi connectivity index (χ3n) is 2.97. The topological polar surface area (TPSA) is 61.0 Å². The minimum Gasteiger partial charge on any atom is -0.383 e.